The molecule has 1 fully saturated rings. The number of rotatable bonds is 3. The van der Waals surface area contributed by atoms with E-state index < -0.39 is 5.41 Å². The summed E-state index contributed by atoms with van der Waals surface area (Å²) in [5.41, 5.74) is 0.995. The van der Waals surface area contributed by atoms with Gasteiger partial charge in [0.1, 0.15) is 5.52 Å². The van der Waals surface area contributed by atoms with Crippen LogP contribution >= 0.6 is 0 Å². The summed E-state index contributed by atoms with van der Waals surface area (Å²) in [7, 11) is 0. The van der Waals surface area contributed by atoms with E-state index in [2.05, 4.69) is 25.6 Å². The first-order valence-corrected chi connectivity index (χ1v) is 9.31. The lowest BCUT2D eigenvalue weighted by atomic mass is 9.87. The number of H-pyrrole nitrogens is 1. The van der Waals surface area contributed by atoms with E-state index in [0.29, 0.717) is 22.5 Å². The van der Waals surface area contributed by atoms with Gasteiger partial charge in [-0.3, -0.25) is 10.1 Å². The van der Waals surface area contributed by atoms with Crippen LogP contribution in [-0.4, -0.2) is 32.8 Å². The third-order valence-electron chi connectivity index (χ3n) is 4.74. The molecule has 3 N–H and O–H groups in total. The predicted molar refractivity (Wildman–Crippen MR) is 101 cm³/mol. The van der Waals surface area contributed by atoms with Gasteiger partial charge in [0, 0.05) is 17.7 Å². The number of carbonyl (C=O) groups excluding carboxylic acids is 2. The van der Waals surface area contributed by atoms with E-state index in [1.807, 2.05) is 20.8 Å². The van der Waals surface area contributed by atoms with Crippen molar-refractivity contribution in [1.82, 2.24) is 20.3 Å². The summed E-state index contributed by atoms with van der Waals surface area (Å²) in [6, 6.07) is -0.0655. The van der Waals surface area contributed by atoms with Gasteiger partial charge < -0.3 is 10.3 Å². The Balaban J connectivity index is 1.74. The molecule has 1 aliphatic rings. The van der Waals surface area contributed by atoms with E-state index in [4.69, 9.17) is 0 Å². The molecule has 7 nitrogen and oxygen atoms in total. The van der Waals surface area contributed by atoms with E-state index in [1.165, 1.54) is 19.0 Å². The third kappa shape index (κ3) is 4.20. The molecule has 7 heteroatoms. The molecule has 2 heterocycles. The van der Waals surface area contributed by atoms with Crippen molar-refractivity contribution in [2.24, 2.45) is 5.41 Å². The number of nitrogens with zero attached hydrogens (tertiary/aromatic N) is 2. The zero-order valence-electron chi connectivity index (χ0n) is 15.7. The molecule has 2 aromatic rings. The third-order valence-corrected chi connectivity index (χ3v) is 4.74. The molecule has 1 aliphatic carbocycles. The largest absolute Gasteiger partial charge is 0.344 e. The lowest BCUT2D eigenvalue weighted by Gasteiger charge is -2.17. The summed E-state index contributed by atoms with van der Waals surface area (Å²) >= 11 is 0. The lowest BCUT2D eigenvalue weighted by Crippen LogP contribution is -2.37. The molecule has 0 atom stereocenters. The summed E-state index contributed by atoms with van der Waals surface area (Å²) in [5.74, 6) is 0.323. The maximum atomic E-state index is 12.6. The number of amides is 2. The Morgan fingerprint density at radius 3 is 2.50 bits per heavy atom. The highest BCUT2D eigenvalue weighted by atomic mass is 16.2. The van der Waals surface area contributed by atoms with Crippen LogP contribution in [0.5, 0.6) is 0 Å². The summed E-state index contributed by atoms with van der Waals surface area (Å²) in [5, 5.41) is 5.77. The van der Waals surface area contributed by atoms with Crippen molar-refractivity contribution in [3.63, 3.8) is 0 Å². The molecule has 3 rings (SSSR count). The van der Waals surface area contributed by atoms with Crippen molar-refractivity contribution in [3.05, 3.63) is 18.0 Å². The molecular formula is C19H27N5O2. The number of aromatic amines is 1. The number of aromatic nitrogens is 3. The minimum absolute atomic E-state index is 0.0156. The van der Waals surface area contributed by atoms with Crippen LogP contribution in [0.4, 0.5) is 10.6 Å². The molecule has 140 valence electrons. The molecule has 0 radical (unpaired) electrons. The van der Waals surface area contributed by atoms with Gasteiger partial charge in [-0.25, -0.2) is 14.8 Å². The Bertz CT molecular complexity index is 798. The number of hydrogen-bond acceptors (Lipinski definition) is 4. The molecule has 2 amide bonds. The standard InChI is InChI=1S/C19H27N5O2/c1-19(2,3)16(25)13-10-20-17-15(13)23-14(11-21-17)24-18(26)22-12-8-6-4-5-7-9-12/h10-12H,4-9H2,1-3H3,(H,20,21)(H2,22,23,24,26). The van der Waals surface area contributed by atoms with Crippen LogP contribution in [0.2, 0.25) is 0 Å². The highest BCUT2D eigenvalue weighted by Crippen LogP contribution is 2.25. The maximum absolute atomic E-state index is 12.6. The van der Waals surface area contributed by atoms with E-state index >= 15 is 0 Å². The number of Topliss-reactive ketones (excluding diaryl/α,β-unsaturated/α-hetero) is 1. The van der Waals surface area contributed by atoms with Crippen molar-refractivity contribution in [2.45, 2.75) is 65.3 Å². The van der Waals surface area contributed by atoms with Crippen molar-refractivity contribution in [1.29, 1.82) is 0 Å². The molecule has 0 aliphatic heterocycles. The number of anilines is 1. The second kappa shape index (κ2) is 7.43. The monoisotopic (exact) mass is 357 g/mol. The van der Waals surface area contributed by atoms with Crippen molar-refractivity contribution in [3.8, 4) is 0 Å². The normalized spacial score (nSPS) is 16.3. The topological polar surface area (TPSA) is 99.8 Å². The fraction of sp³-hybridized carbons (Fsp3) is 0.579. The lowest BCUT2D eigenvalue weighted by molar-refractivity contribution is 0.0860. The van der Waals surface area contributed by atoms with Crippen LogP contribution in [0.1, 0.15) is 69.7 Å². The molecule has 0 saturated heterocycles. The zero-order valence-corrected chi connectivity index (χ0v) is 15.7. The predicted octanol–water partition coefficient (Wildman–Crippen LogP) is 4.03. The number of carbonyl (C=O) groups is 2. The molecule has 0 bridgehead atoms. The van der Waals surface area contributed by atoms with Crippen LogP contribution in [0.15, 0.2) is 12.4 Å². The molecule has 26 heavy (non-hydrogen) atoms. The first-order chi connectivity index (χ1) is 12.3. The number of hydrogen-bond donors (Lipinski definition) is 3. The number of nitrogens with one attached hydrogen (secondary N) is 3. The Labute approximate surface area is 153 Å². The fourth-order valence-corrected chi connectivity index (χ4v) is 3.29. The van der Waals surface area contributed by atoms with Gasteiger partial charge in [-0.05, 0) is 12.8 Å². The van der Waals surface area contributed by atoms with E-state index in [0.717, 1.165) is 25.7 Å². The summed E-state index contributed by atoms with van der Waals surface area (Å²) < 4.78 is 0. The Hall–Kier alpha value is -2.44. The smallest absolute Gasteiger partial charge is 0.320 e. The van der Waals surface area contributed by atoms with Gasteiger partial charge in [-0.2, -0.15) is 0 Å². The first-order valence-electron chi connectivity index (χ1n) is 9.31. The van der Waals surface area contributed by atoms with E-state index in [1.54, 1.807) is 6.20 Å². The van der Waals surface area contributed by atoms with Crippen LogP contribution in [0.3, 0.4) is 0 Å². The maximum Gasteiger partial charge on any atom is 0.320 e. The summed E-state index contributed by atoms with van der Waals surface area (Å²) in [4.78, 5) is 36.5. The fourth-order valence-electron chi connectivity index (χ4n) is 3.29. The Morgan fingerprint density at radius 2 is 1.85 bits per heavy atom. The first kappa shape index (κ1) is 18.4. The molecular weight excluding hydrogens is 330 g/mol. The van der Waals surface area contributed by atoms with Gasteiger partial charge in [0.25, 0.3) is 0 Å². The molecule has 0 aromatic carbocycles. The number of fused-ring (bicyclic) bond motifs is 1. The van der Waals surface area contributed by atoms with Crippen LogP contribution in [0.25, 0.3) is 11.2 Å². The number of ketones is 1. The average Bonchev–Trinajstić information content (AvgIpc) is 2.81. The molecule has 0 spiro atoms. The highest BCUT2D eigenvalue weighted by molar-refractivity contribution is 6.08. The van der Waals surface area contributed by atoms with E-state index in [-0.39, 0.29) is 17.9 Å². The van der Waals surface area contributed by atoms with Gasteiger partial charge in [0.15, 0.2) is 17.2 Å². The average molecular weight is 357 g/mol. The van der Waals surface area contributed by atoms with Crippen molar-refractivity contribution < 1.29 is 9.59 Å². The second-order valence-corrected chi connectivity index (χ2v) is 8.02. The molecule has 1 saturated carbocycles. The minimum atomic E-state index is -0.517. The SMILES string of the molecule is CC(C)(C)C(=O)c1c[nH]c2ncc(NC(=O)NC3CCCCCC3)nc12. The summed E-state index contributed by atoms with van der Waals surface area (Å²) in [6.07, 6.45) is 9.93. The number of urea groups is 1. The highest BCUT2D eigenvalue weighted by Gasteiger charge is 2.26. The zero-order chi connectivity index (χ0) is 18.7. The van der Waals surface area contributed by atoms with Crippen LogP contribution in [0, 0.1) is 5.41 Å². The van der Waals surface area contributed by atoms with Crippen molar-refractivity contribution in [2.75, 3.05) is 5.32 Å². The van der Waals surface area contributed by atoms with Crippen LogP contribution in [-0.2, 0) is 0 Å². The van der Waals surface area contributed by atoms with Gasteiger partial charge in [-0.15, -0.1) is 0 Å². The quantitative estimate of drug-likeness (QED) is 0.570. The van der Waals surface area contributed by atoms with Gasteiger partial charge >= 0.3 is 6.03 Å². The summed E-state index contributed by atoms with van der Waals surface area (Å²) in [6.45, 7) is 5.59. The minimum Gasteiger partial charge on any atom is -0.344 e. The van der Waals surface area contributed by atoms with E-state index in [9.17, 15) is 9.59 Å². The second-order valence-electron chi connectivity index (χ2n) is 8.02. The Morgan fingerprint density at radius 1 is 1.15 bits per heavy atom. The van der Waals surface area contributed by atoms with Crippen LogP contribution < -0.4 is 10.6 Å². The Kier molecular flexibility index (Phi) is 5.25. The molecule has 0 unspecified atom stereocenters. The van der Waals surface area contributed by atoms with Gasteiger partial charge in [0.05, 0.1) is 11.8 Å². The van der Waals surface area contributed by atoms with Crippen molar-refractivity contribution >= 4 is 28.8 Å². The molecule has 2 aromatic heterocycles. The van der Waals surface area contributed by atoms with Gasteiger partial charge in [0.2, 0.25) is 0 Å². The van der Waals surface area contributed by atoms with Gasteiger partial charge in [-0.1, -0.05) is 46.5 Å².